The van der Waals surface area contributed by atoms with E-state index in [2.05, 4.69) is 42.2 Å². The molecule has 0 spiro atoms. The molecule has 0 amide bonds. The average molecular weight is 200 g/mol. The van der Waals surface area contributed by atoms with Crippen molar-refractivity contribution in [3.05, 3.63) is 54.2 Å². The van der Waals surface area contributed by atoms with Gasteiger partial charge < -0.3 is 0 Å². The van der Waals surface area contributed by atoms with E-state index in [9.17, 15) is 0 Å². The molecule has 1 nitrogen and oxygen atoms in total. The second kappa shape index (κ2) is 4.29. The first-order chi connectivity index (χ1) is 6.84. The van der Waals surface area contributed by atoms with Gasteiger partial charge in [-0.05, 0) is 25.1 Å². The molecule has 0 N–H and O–H groups in total. The van der Waals surface area contributed by atoms with Crippen LogP contribution in [-0.4, -0.2) is 4.98 Å². The molecule has 0 bridgehead atoms. The zero-order valence-electron chi connectivity index (χ0n) is 7.90. The van der Waals surface area contributed by atoms with Gasteiger partial charge in [0.25, 0.3) is 0 Å². The van der Waals surface area contributed by atoms with E-state index < -0.39 is 0 Å². The third-order valence-electron chi connectivity index (χ3n) is 1.83. The van der Waals surface area contributed by atoms with E-state index in [1.54, 1.807) is 18.0 Å². The van der Waals surface area contributed by atoms with E-state index in [1.165, 1.54) is 10.5 Å². The van der Waals surface area contributed by atoms with Crippen LogP contribution >= 0.6 is 11.8 Å². The molecule has 0 aliphatic carbocycles. The van der Waals surface area contributed by atoms with Crippen LogP contribution in [0.2, 0.25) is 0 Å². The summed E-state index contributed by atoms with van der Waals surface area (Å²) in [5.74, 6) is 0. The lowest BCUT2D eigenvalue weighted by atomic mass is 10.2. The maximum atomic E-state index is 4.20. The molecule has 14 heavy (non-hydrogen) atoms. The van der Waals surface area contributed by atoms with E-state index in [1.807, 2.05) is 12.1 Å². The molecular formula is C12H10NS. The van der Waals surface area contributed by atoms with Crippen LogP contribution in [0.3, 0.4) is 0 Å². The summed E-state index contributed by atoms with van der Waals surface area (Å²) >= 11 is 1.67. The van der Waals surface area contributed by atoms with Crippen LogP contribution < -0.4 is 0 Å². The van der Waals surface area contributed by atoms with Crippen molar-refractivity contribution in [3.8, 4) is 0 Å². The minimum atomic E-state index is 1.01. The molecule has 2 heteroatoms. The topological polar surface area (TPSA) is 12.9 Å². The first kappa shape index (κ1) is 9.28. The molecule has 0 aliphatic heterocycles. The number of aryl methyl sites for hydroxylation is 1. The predicted octanol–water partition coefficient (Wildman–Crippen LogP) is 3.34. The number of benzene rings is 1. The average Bonchev–Trinajstić information content (AvgIpc) is 2.23. The molecule has 1 aromatic carbocycles. The summed E-state index contributed by atoms with van der Waals surface area (Å²) in [5.41, 5.74) is 1.28. The third-order valence-corrected chi connectivity index (χ3v) is 2.79. The van der Waals surface area contributed by atoms with E-state index >= 15 is 0 Å². The molecule has 2 aromatic rings. The fraction of sp³-hybridized carbons (Fsp3) is 0.0833. The highest BCUT2D eigenvalue weighted by molar-refractivity contribution is 7.99. The lowest BCUT2D eigenvalue weighted by Crippen LogP contribution is -1.78. The summed E-state index contributed by atoms with van der Waals surface area (Å²) in [6.07, 6.45) is 1.69. The highest BCUT2D eigenvalue weighted by Gasteiger charge is 1.96. The van der Waals surface area contributed by atoms with Crippen LogP contribution in [0.25, 0.3) is 0 Å². The van der Waals surface area contributed by atoms with Gasteiger partial charge in [0.05, 0.1) is 0 Å². The summed E-state index contributed by atoms with van der Waals surface area (Å²) in [6, 6.07) is 15.2. The Labute approximate surface area is 88.2 Å². The van der Waals surface area contributed by atoms with E-state index in [4.69, 9.17) is 0 Å². The second-order valence-corrected chi connectivity index (χ2v) is 4.11. The molecule has 1 radical (unpaired) electrons. The van der Waals surface area contributed by atoms with Crippen molar-refractivity contribution in [1.29, 1.82) is 0 Å². The van der Waals surface area contributed by atoms with Gasteiger partial charge in [-0.25, -0.2) is 4.98 Å². The molecule has 0 saturated carbocycles. The Morgan fingerprint density at radius 2 is 1.93 bits per heavy atom. The third kappa shape index (κ3) is 2.36. The van der Waals surface area contributed by atoms with Gasteiger partial charge in [0, 0.05) is 17.2 Å². The maximum Gasteiger partial charge on any atom is 0.101 e. The summed E-state index contributed by atoms with van der Waals surface area (Å²) in [4.78, 5) is 5.42. The number of rotatable bonds is 2. The van der Waals surface area contributed by atoms with Gasteiger partial charge >= 0.3 is 0 Å². The van der Waals surface area contributed by atoms with Crippen LogP contribution in [-0.2, 0) is 0 Å². The Hall–Kier alpha value is -1.28. The van der Waals surface area contributed by atoms with Crippen LogP contribution in [0, 0.1) is 13.0 Å². The SMILES string of the molecule is Cc1ccc(Sc2cc[c]cn2)cc1. The number of hydrogen-bond acceptors (Lipinski definition) is 2. The Morgan fingerprint density at radius 3 is 2.57 bits per heavy atom. The van der Waals surface area contributed by atoms with Crippen molar-refractivity contribution >= 4 is 11.8 Å². The van der Waals surface area contributed by atoms with Crippen molar-refractivity contribution in [3.63, 3.8) is 0 Å². The van der Waals surface area contributed by atoms with Crippen LogP contribution in [0.1, 0.15) is 5.56 Å². The van der Waals surface area contributed by atoms with Gasteiger partial charge in [0.2, 0.25) is 0 Å². The molecule has 0 atom stereocenters. The first-order valence-electron chi connectivity index (χ1n) is 4.41. The molecule has 0 unspecified atom stereocenters. The lowest BCUT2D eigenvalue weighted by molar-refractivity contribution is 1.13. The normalized spacial score (nSPS) is 10.1. The first-order valence-corrected chi connectivity index (χ1v) is 5.23. The number of pyridine rings is 1. The van der Waals surface area contributed by atoms with Gasteiger partial charge in [0.1, 0.15) is 5.03 Å². The summed E-state index contributed by atoms with van der Waals surface area (Å²) in [6.45, 7) is 2.09. The van der Waals surface area contributed by atoms with Crippen molar-refractivity contribution < 1.29 is 0 Å². The number of nitrogens with zero attached hydrogens (tertiary/aromatic N) is 1. The Balaban J connectivity index is 2.16. The second-order valence-electron chi connectivity index (χ2n) is 3.01. The van der Waals surface area contributed by atoms with Crippen molar-refractivity contribution in [2.75, 3.05) is 0 Å². The Bertz CT molecular complexity index is 394. The van der Waals surface area contributed by atoms with Crippen molar-refractivity contribution in [1.82, 2.24) is 4.98 Å². The lowest BCUT2D eigenvalue weighted by Gasteiger charge is -2.00. The smallest absolute Gasteiger partial charge is 0.101 e. The van der Waals surface area contributed by atoms with E-state index in [0.717, 1.165) is 5.03 Å². The zero-order valence-corrected chi connectivity index (χ0v) is 8.71. The molecule has 1 heterocycles. The van der Waals surface area contributed by atoms with Crippen LogP contribution in [0.15, 0.2) is 52.5 Å². The molecular weight excluding hydrogens is 190 g/mol. The zero-order chi connectivity index (χ0) is 9.80. The summed E-state index contributed by atoms with van der Waals surface area (Å²) < 4.78 is 0. The molecule has 0 aliphatic rings. The molecule has 0 fully saturated rings. The molecule has 2 rings (SSSR count). The highest BCUT2D eigenvalue weighted by atomic mass is 32.2. The monoisotopic (exact) mass is 200 g/mol. The Morgan fingerprint density at radius 1 is 1.14 bits per heavy atom. The van der Waals surface area contributed by atoms with Gasteiger partial charge in [-0.3, -0.25) is 0 Å². The summed E-state index contributed by atoms with van der Waals surface area (Å²) in [5, 5.41) is 1.01. The van der Waals surface area contributed by atoms with Crippen LogP contribution in [0.4, 0.5) is 0 Å². The summed E-state index contributed by atoms with van der Waals surface area (Å²) in [7, 11) is 0. The molecule has 1 aromatic heterocycles. The number of aromatic nitrogens is 1. The fourth-order valence-electron chi connectivity index (χ4n) is 1.09. The molecule has 69 valence electrons. The maximum absolute atomic E-state index is 4.20. The standard InChI is InChI=1S/C12H10NS/c1-10-5-7-11(8-6-10)14-12-4-2-3-9-13-12/h2,4-9H,1H3. The van der Waals surface area contributed by atoms with Gasteiger partial charge in [-0.1, -0.05) is 35.5 Å². The molecule has 0 saturated heterocycles. The minimum absolute atomic E-state index is 1.01. The fourth-order valence-corrected chi connectivity index (χ4v) is 1.85. The van der Waals surface area contributed by atoms with Crippen LogP contribution in [0.5, 0.6) is 0 Å². The quantitative estimate of drug-likeness (QED) is 0.737. The van der Waals surface area contributed by atoms with Gasteiger partial charge in [-0.2, -0.15) is 0 Å². The van der Waals surface area contributed by atoms with Gasteiger partial charge in [-0.15, -0.1) is 0 Å². The van der Waals surface area contributed by atoms with Gasteiger partial charge in [0.15, 0.2) is 0 Å². The largest absolute Gasteiger partial charge is 0.249 e. The number of hydrogen-bond donors (Lipinski definition) is 0. The Kier molecular flexibility index (Phi) is 2.84. The van der Waals surface area contributed by atoms with E-state index in [0.29, 0.717) is 0 Å². The predicted molar refractivity (Wildman–Crippen MR) is 58.4 cm³/mol. The minimum Gasteiger partial charge on any atom is -0.249 e. The van der Waals surface area contributed by atoms with E-state index in [-0.39, 0.29) is 0 Å². The van der Waals surface area contributed by atoms with Crippen molar-refractivity contribution in [2.45, 2.75) is 16.8 Å². The highest BCUT2D eigenvalue weighted by Crippen LogP contribution is 2.25. The van der Waals surface area contributed by atoms with Crippen molar-refractivity contribution in [2.24, 2.45) is 0 Å².